The molecule has 2 N–H and O–H groups in total. The molecule has 0 saturated heterocycles. The highest BCUT2D eigenvalue weighted by atomic mass is 16.6. The maximum atomic E-state index is 11.4. The number of nitrogens with one attached hydrogen (secondary N) is 2. The molecule has 1 fully saturated rings. The smallest absolute Gasteiger partial charge is 0.330 e. The van der Waals surface area contributed by atoms with Gasteiger partial charge in [0.2, 0.25) is 0 Å². The molecule has 0 aliphatic heterocycles. The van der Waals surface area contributed by atoms with Crippen LogP contribution in [0.25, 0.3) is 62.0 Å². The van der Waals surface area contributed by atoms with E-state index in [2.05, 4.69) is 122 Å². The highest BCUT2D eigenvalue weighted by molar-refractivity contribution is 5.86. The molecule has 0 amide bonds. The summed E-state index contributed by atoms with van der Waals surface area (Å²) in [6.45, 7) is 10.7. The molecule has 9 rings (SSSR count). The van der Waals surface area contributed by atoms with Gasteiger partial charge in [0.15, 0.2) is 0 Å². The van der Waals surface area contributed by atoms with E-state index in [1.54, 1.807) is 7.11 Å². The lowest BCUT2D eigenvalue weighted by atomic mass is 9.74. The van der Waals surface area contributed by atoms with E-state index in [1.165, 1.54) is 27.8 Å². The summed E-state index contributed by atoms with van der Waals surface area (Å²) in [7, 11) is 1.67. The van der Waals surface area contributed by atoms with Crippen LogP contribution in [-0.4, -0.2) is 46.2 Å². The summed E-state index contributed by atoms with van der Waals surface area (Å²) in [6.07, 6.45) is 7.42. The molecule has 2 unspecified atom stereocenters. The minimum Gasteiger partial charge on any atom is -0.497 e. The van der Waals surface area contributed by atoms with Crippen LogP contribution >= 0.6 is 0 Å². The van der Waals surface area contributed by atoms with Crippen molar-refractivity contribution < 1.29 is 19.0 Å². The quantitative estimate of drug-likeness (QED) is 0.0571. The topological polar surface area (TPSA) is 102 Å². The first-order valence-electron chi connectivity index (χ1n) is 21.9. The summed E-state index contributed by atoms with van der Waals surface area (Å²) >= 11 is 0. The van der Waals surface area contributed by atoms with E-state index in [1.807, 2.05) is 48.5 Å². The number of benzene rings is 5. The van der Waals surface area contributed by atoms with Crippen LogP contribution in [0.2, 0.25) is 0 Å². The van der Waals surface area contributed by atoms with Gasteiger partial charge in [-0.05, 0) is 97.3 Å². The van der Waals surface area contributed by atoms with Gasteiger partial charge in [-0.3, -0.25) is 0 Å². The van der Waals surface area contributed by atoms with Gasteiger partial charge in [0.05, 0.1) is 29.9 Å². The fraction of sp³-hybridized carbons (Fsp3) is 0.218. The van der Waals surface area contributed by atoms with Gasteiger partial charge in [-0.25, -0.2) is 14.8 Å². The highest BCUT2D eigenvalue weighted by Gasteiger charge is 2.55. The Hall–Kier alpha value is -7.19. The number of aromatic nitrogens is 4. The van der Waals surface area contributed by atoms with Gasteiger partial charge in [-0.15, -0.1) is 0 Å². The maximum absolute atomic E-state index is 11.4. The summed E-state index contributed by atoms with van der Waals surface area (Å²) in [5, 5.41) is 0. The molecule has 2 aliphatic carbocycles. The van der Waals surface area contributed by atoms with Crippen molar-refractivity contribution in [2.24, 2.45) is 11.3 Å². The number of carbonyl (C=O) groups excluding carboxylic acids is 1. The van der Waals surface area contributed by atoms with Gasteiger partial charge >= 0.3 is 5.97 Å². The zero-order chi connectivity index (χ0) is 43.5. The number of allylic oxidation sites excluding steroid dienone is 4. The van der Waals surface area contributed by atoms with E-state index >= 15 is 0 Å². The molecular weight excluding hydrogens is 781 g/mol. The van der Waals surface area contributed by atoms with Crippen molar-refractivity contribution in [2.45, 2.75) is 46.5 Å². The fourth-order valence-electron chi connectivity index (χ4n) is 9.29. The van der Waals surface area contributed by atoms with Crippen LogP contribution < -0.4 is 9.47 Å². The number of hydrogen-bond donors (Lipinski definition) is 2. The van der Waals surface area contributed by atoms with Crippen LogP contribution in [0.4, 0.5) is 0 Å². The third kappa shape index (κ3) is 8.17. The lowest BCUT2D eigenvalue weighted by Gasteiger charge is -2.30. The van der Waals surface area contributed by atoms with Crippen molar-refractivity contribution in [2.75, 3.05) is 20.3 Å². The molecule has 8 nitrogen and oxygen atoms in total. The summed E-state index contributed by atoms with van der Waals surface area (Å²) in [6, 6.07) is 43.9. The van der Waals surface area contributed by atoms with E-state index < -0.39 is 5.97 Å². The number of aromatic amines is 2. The van der Waals surface area contributed by atoms with Crippen LogP contribution in [0.5, 0.6) is 11.5 Å². The van der Waals surface area contributed by atoms with Crippen molar-refractivity contribution in [1.29, 1.82) is 0 Å². The zero-order valence-corrected chi connectivity index (χ0v) is 36.3. The van der Waals surface area contributed by atoms with E-state index in [4.69, 9.17) is 24.2 Å². The van der Waals surface area contributed by atoms with Gasteiger partial charge < -0.3 is 24.2 Å². The average molecular weight is 833 g/mol. The van der Waals surface area contributed by atoms with Crippen molar-refractivity contribution in [3.63, 3.8) is 0 Å². The molecule has 2 heterocycles. The molecule has 0 bridgehead atoms. The summed E-state index contributed by atoms with van der Waals surface area (Å²) in [5.41, 5.74) is 15.9. The monoisotopic (exact) mass is 832 g/mol. The Bertz CT molecular complexity index is 2780. The molecule has 0 radical (unpaired) electrons. The number of carbonyl (C=O) groups is 1. The Kier molecular flexibility index (Phi) is 11.5. The lowest BCUT2D eigenvalue weighted by molar-refractivity contribution is -0.138. The summed E-state index contributed by atoms with van der Waals surface area (Å²) in [5.74, 6) is 3.11. The number of imidazole rings is 2. The third-order valence-electron chi connectivity index (χ3n) is 12.8. The van der Waals surface area contributed by atoms with E-state index in [0.29, 0.717) is 11.7 Å². The number of esters is 1. The number of methoxy groups -OCH3 is 1. The molecule has 0 spiro atoms. The molecule has 1 saturated carbocycles. The number of nitrogens with zero attached hydrogens (tertiary/aromatic N) is 2. The number of rotatable bonds is 16. The Morgan fingerprint density at radius 2 is 1.35 bits per heavy atom. The Balaban J connectivity index is 1.03. The first kappa shape index (κ1) is 41.2. The molecule has 8 heteroatoms. The normalized spacial score (nSPS) is 16.6. The van der Waals surface area contributed by atoms with Crippen LogP contribution in [0.15, 0.2) is 157 Å². The molecule has 316 valence electrons. The van der Waals surface area contributed by atoms with Crippen molar-refractivity contribution in [3.8, 4) is 67.9 Å². The second kappa shape index (κ2) is 17.7. The highest BCUT2D eigenvalue weighted by Crippen LogP contribution is 2.65. The molecule has 2 atom stereocenters. The molecule has 63 heavy (non-hydrogen) atoms. The standard InChI is InChI=1S/C55H52N4O4/c1-6-37-20-19-36(31-46(37)53-56-51(40-21-25-43(61-5)26-22-40)52(57-53)41-23-27-44(28-24-41)62-29-30-63-48(60)8-3)33-55-34-42(55)32-47(45(7-2)35(55)4)54-58-49(38-15-11-9-12-16-38)50(59-54)39-17-13-10-14-18-39/h8-28,31-32,35H,3,6-7,29-30,33-34H2,1-2,4-5H3,(H,56,57)(H,58,59). The van der Waals surface area contributed by atoms with Gasteiger partial charge in [0.1, 0.15) is 36.4 Å². The molecular formula is C55H52N4O4. The van der Waals surface area contributed by atoms with Crippen LogP contribution in [0.3, 0.4) is 0 Å². The molecule has 5 aromatic carbocycles. The Labute approximate surface area is 369 Å². The number of ether oxygens (including phenoxy) is 3. The molecule has 2 aromatic heterocycles. The first-order chi connectivity index (χ1) is 30.8. The maximum Gasteiger partial charge on any atom is 0.330 e. The lowest BCUT2D eigenvalue weighted by Crippen LogP contribution is -2.22. The predicted molar refractivity (Wildman–Crippen MR) is 252 cm³/mol. The van der Waals surface area contributed by atoms with Gasteiger partial charge in [0.25, 0.3) is 0 Å². The average Bonchev–Trinajstić information content (AvgIpc) is 3.62. The van der Waals surface area contributed by atoms with E-state index in [9.17, 15) is 4.79 Å². The molecule has 7 aromatic rings. The molecule has 2 aliphatic rings. The number of hydrogen-bond acceptors (Lipinski definition) is 6. The fourth-order valence-corrected chi connectivity index (χ4v) is 9.29. The Morgan fingerprint density at radius 3 is 2.00 bits per heavy atom. The van der Waals surface area contributed by atoms with Gasteiger partial charge in [-0.2, -0.15) is 0 Å². The minimum absolute atomic E-state index is 0.0661. The van der Waals surface area contributed by atoms with E-state index in [-0.39, 0.29) is 18.6 Å². The Morgan fingerprint density at radius 1 is 0.746 bits per heavy atom. The summed E-state index contributed by atoms with van der Waals surface area (Å²) in [4.78, 5) is 29.6. The van der Waals surface area contributed by atoms with Gasteiger partial charge in [-0.1, -0.05) is 117 Å². The van der Waals surface area contributed by atoms with Crippen molar-refractivity contribution >= 4 is 11.5 Å². The predicted octanol–water partition coefficient (Wildman–Crippen LogP) is 12.5. The SMILES string of the molecule is C=CC(=O)OCCOc1ccc(-c2[nH]c(-c3cc(CC45CC4=CC(c4nc(-c6ccccc6)c(-c6ccccc6)[nH]4)=C(CC)C5C)ccc3CC)nc2-c2ccc(OC)cc2)cc1. The minimum atomic E-state index is -0.470. The summed E-state index contributed by atoms with van der Waals surface area (Å²) < 4.78 is 16.4. The number of H-pyrrole nitrogens is 2. The van der Waals surface area contributed by atoms with Crippen molar-refractivity contribution in [1.82, 2.24) is 19.9 Å². The largest absolute Gasteiger partial charge is 0.497 e. The van der Waals surface area contributed by atoms with Crippen LogP contribution in [0.1, 0.15) is 50.6 Å². The van der Waals surface area contributed by atoms with E-state index in [0.717, 1.165) is 99.8 Å². The third-order valence-corrected chi connectivity index (χ3v) is 12.8. The van der Waals surface area contributed by atoms with Crippen LogP contribution in [-0.2, 0) is 22.4 Å². The second-order valence-electron chi connectivity index (χ2n) is 16.4. The van der Waals surface area contributed by atoms with Crippen LogP contribution in [0, 0.1) is 11.3 Å². The zero-order valence-electron chi connectivity index (χ0n) is 36.3. The van der Waals surface area contributed by atoms with Crippen molar-refractivity contribution in [3.05, 3.63) is 174 Å². The number of fused-ring (bicyclic) bond motifs is 1. The van der Waals surface area contributed by atoms with Gasteiger partial charge in [0, 0.05) is 44.9 Å². The number of aryl methyl sites for hydroxylation is 1. The second-order valence-corrected chi connectivity index (χ2v) is 16.4. The first-order valence-corrected chi connectivity index (χ1v) is 21.9.